The van der Waals surface area contributed by atoms with E-state index >= 15 is 0 Å². The van der Waals surface area contributed by atoms with E-state index in [1.165, 1.54) is 122 Å². The lowest BCUT2D eigenvalue weighted by Crippen LogP contribution is -1.88. The zero-order valence-electron chi connectivity index (χ0n) is 33.2. The van der Waals surface area contributed by atoms with Crippen LogP contribution < -0.4 is 0 Å². The molecule has 0 saturated heterocycles. The standard InChI is InChI=1S/C60H40/c1-2-9-39(10-3-1)53-33-54(43-23-21-42(22-24-43)48-25-27-51-31-50-13-6-7-16-57(50)58(51)37-48)35-55(34-53)46-15-8-14-44(29-46)40-17-19-41(20-18-40)49-26-28-52-32-56-30-45-11-4-5-12-47(45)36-60(56)59(52)38-49/h1-30,33-38H,31-32H2. The summed E-state index contributed by atoms with van der Waals surface area (Å²) in [6.45, 7) is 0. The first-order chi connectivity index (χ1) is 29.7. The van der Waals surface area contributed by atoms with Crippen LogP contribution in [-0.4, -0.2) is 0 Å². The fourth-order valence-electron chi connectivity index (χ4n) is 9.70. The van der Waals surface area contributed by atoms with Crippen molar-refractivity contribution in [2.75, 3.05) is 0 Å². The van der Waals surface area contributed by atoms with Crippen molar-refractivity contribution < 1.29 is 0 Å². The van der Waals surface area contributed by atoms with Crippen LogP contribution >= 0.6 is 0 Å². The van der Waals surface area contributed by atoms with Gasteiger partial charge in [0.1, 0.15) is 0 Å². The van der Waals surface area contributed by atoms with E-state index in [9.17, 15) is 0 Å². The quantitative estimate of drug-likeness (QED) is 0.158. The Labute approximate surface area is 351 Å². The molecular weight excluding hydrogens is 721 g/mol. The van der Waals surface area contributed by atoms with Gasteiger partial charge in [-0.3, -0.25) is 0 Å². The van der Waals surface area contributed by atoms with Crippen molar-refractivity contribution in [3.63, 3.8) is 0 Å². The Morgan fingerprint density at radius 1 is 0.183 bits per heavy atom. The molecule has 0 spiro atoms. The Morgan fingerprint density at radius 3 is 1.18 bits per heavy atom. The zero-order chi connectivity index (χ0) is 39.6. The highest BCUT2D eigenvalue weighted by Gasteiger charge is 2.21. The first-order valence-corrected chi connectivity index (χ1v) is 21.1. The molecule has 10 aromatic rings. The lowest BCUT2D eigenvalue weighted by Gasteiger charge is -2.13. The molecule has 0 aliphatic heterocycles. The topological polar surface area (TPSA) is 0 Å². The largest absolute Gasteiger partial charge is 0.0622 e. The van der Waals surface area contributed by atoms with Gasteiger partial charge in [-0.1, -0.05) is 176 Å². The predicted molar refractivity (Wildman–Crippen MR) is 253 cm³/mol. The van der Waals surface area contributed by atoms with Crippen molar-refractivity contribution in [2.24, 2.45) is 0 Å². The summed E-state index contributed by atoms with van der Waals surface area (Å²) in [7, 11) is 0. The highest BCUT2D eigenvalue weighted by Crippen LogP contribution is 2.43. The van der Waals surface area contributed by atoms with Crippen LogP contribution in [0.3, 0.4) is 0 Å². The summed E-state index contributed by atoms with van der Waals surface area (Å²) in [6, 6.07) is 81.2. The Kier molecular flexibility index (Phi) is 8.10. The minimum absolute atomic E-state index is 0.999. The van der Waals surface area contributed by atoms with Crippen LogP contribution in [0.4, 0.5) is 0 Å². The first kappa shape index (κ1) is 34.5. The van der Waals surface area contributed by atoms with Crippen molar-refractivity contribution in [3.05, 3.63) is 241 Å². The lowest BCUT2D eigenvalue weighted by atomic mass is 9.91. The van der Waals surface area contributed by atoms with Gasteiger partial charge in [-0.25, -0.2) is 0 Å². The van der Waals surface area contributed by atoms with Gasteiger partial charge in [0.25, 0.3) is 0 Å². The summed E-state index contributed by atoms with van der Waals surface area (Å²) in [5.74, 6) is 0. The van der Waals surface area contributed by atoms with Gasteiger partial charge in [-0.05, 0) is 177 Å². The van der Waals surface area contributed by atoms with Gasteiger partial charge >= 0.3 is 0 Å². The average Bonchev–Trinajstić information content (AvgIpc) is 3.88. The zero-order valence-corrected chi connectivity index (χ0v) is 33.2. The smallest absolute Gasteiger partial charge is 0.00132 e. The molecule has 0 heteroatoms. The monoisotopic (exact) mass is 760 g/mol. The number of benzene rings is 10. The molecule has 0 nitrogen and oxygen atoms in total. The van der Waals surface area contributed by atoms with Crippen molar-refractivity contribution in [2.45, 2.75) is 12.8 Å². The fraction of sp³-hybridized carbons (Fsp3) is 0.0333. The van der Waals surface area contributed by atoms with Crippen molar-refractivity contribution >= 4 is 10.8 Å². The maximum absolute atomic E-state index is 2.39. The first-order valence-electron chi connectivity index (χ1n) is 21.1. The third kappa shape index (κ3) is 6.08. The van der Waals surface area contributed by atoms with E-state index in [4.69, 9.17) is 0 Å². The number of hydrogen-bond donors (Lipinski definition) is 0. The van der Waals surface area contributed by atoms with Crippen LogP contribution in [0.25, 0.3) is 99.8 Å². The van der Waals surface area contributed by atoms with E-state index in [1.54, 1.807) is 0 Å². The molecular formula is C60H40. The Balaban J connectivity index is 0.853. The Bertz CT molecular complexity index is 3280. The molecule has 280 valence electrons. The van der Waals surface area contributed by atoms with E-state index in [1.807, 2.05) is 0 Å². The van der Waals surface area contributed by atoms with Crippen LogP contribution in [0.5, 0.6) is 0 Å². The van der Waals surface area contributed by atoms with Gasteiger partial charge in [0.15, 0.2) is 0 Å². The minimum atomic E-state index is 0.999. The predicted octanol–water partition coefficient (Wildman–Crippen LogP) is 16.0. The van der Waals surface area contributed by atoms with Crippen molar-refractivity contribution in [1.29, 1.82) is 0 Å². The van der Waals surface area contributed by atoms with Gasteiger partial charge < -0.3 is 0 Å². The fourth-order valence-corrected chi connectivity index (χ4v) is 9.70. The molecule has 0 bridgehead atoms. The Hall–Kier alpha value is -7.54. The summed E-state index contributed by atoms with van der Waals surface area (Å²) >= 11 is 0. The molecule has 60 heavy (non-hydrogen) atoms. The SMILES string of the molecule is c1ccc(-c2cc(-c3ccc(-c4ccc5c(c4)-c4ccccc4C5)cc3)cc(-c3cccc(-c4ccc(-c5ccc6c(c5)-c5cc7ccccc7cc5C6)cc4)c3)c2)cc1. The average molecular weight is 761 g/mol. The van der Waals surface area contributed by atoms with Gasteiger partial charge in [-0.2, -0.15) is 0 Å². The van der Waals surface area contributed by atoms with E-state index in [2.05, 4.69) is 218 Å². The number of hydrogen-bond acceptors (Lipinski definition) is 0. The number of rotatable bonds is 6. The normalized spacial score (nSPS) is 12.2. The summed E-state index contributed by atoms with van der Waals surface area (Å²) in [5, 5.41) is 2.62. The molecule has 0 fully saturated rings. The molecule has 0 radical (unpaired) electrons. The molecule has 0 aromatic heterocycles. The van der Waals surface area contributed by atoms with E-state index in [0.29, 0.717) is 0 Å². The molecule has 10 aromatic carbocycles. The molecule has 0 unspecified atom stereocenters. The number of fused-ring (bicyclic) bond motifs is 7. The Morgan fingerprint density at radius 2 is 0.550 bits per heavy atom. The van der Waals surface area contributed by atoms with Gasteiger partial charge in [-0.15, -0.1) is 0 Å². The third-order valence-electron chi connectivity index (χ3n) is 12.9. The van der Waals surface area contributed by atoms with Crippen LogP contribution in [0.15, 0.2) is 218 Å². The summed E-state index contributed by atoms with van der Waals surface area (Å²) < 4.78 is 0. The minimum Gasteiger partial charge on any atom is -0.0622 e. The van der Waals surface area contributed by atoms with Gasteiger partial charge in [0.05, 0.1) is 0 Å². The molecule has 2 aliphatic carbocycles. The van der Waals surface area contributed by atoms with E-state index in [0.717, 1.165) is 12.8 Å². The molecule has 12 rings (SSSR count). The van der Waals surface area contributed by atoms with Crippen LogP contribution in [0.1, 0.15) is 22.3 Å². The second-order valence-electron chi connectivity index (χ2n) is 16.5. The van der Waals surface area contributed by atoms with Gasteiger partial charge in [0.2, 0.25) is 0 Å². The third-order valence-corrected chi connectivity index (χ3v) is 12.9. The van der Waals surface area contributed by atoms with Crippen molar-refractivity contribution in [1.82, 2.24) is 0 Å². The van der Waals surface area contributed by atoms with Crippen LogP contribution in [0, 0.1) is 0 Å². The van der Waals surface area contributed by atoms with Crippen LogP contribution in [-0.2, 0) is 12.8 Å². The van der Waals surface area contributed by atoms with E-state index in [-0.39, 0.29) is 0 Å². The van der Waals surface area contributed by atoms with Crippen LogP contribution in [0.2, 0.25) is 0 Å². The molecule has 0 atom stereocenters. The van der Waals surface area contributed by atoms with E-state index < -0.39 is 0 Å². The van der Waals surface area contributed by atoms with Crippen molar-refractivity contribution in [3.8, 4) is 89.0 Å². The highest BCUT2D eigenvalue weighted by molar-refractivity contribution is 5.93. The summed E-state index contributed by atoms with van der Waals surface area (Å²) in [6.07, 6.45) is 2.02. The molecule has 0 N–H and O–H groups in total. The molecule has 2 aliphatic rings. The molecule has 0 saturated carbocycles. The van der Waals surface area contributed by atoms with Gasteiger partial charge in [0, 0.05) is 0 Å². The maximum Gasteiger partial charge on any atom is -0.00132 e. The lowest BCUT2D eigenvalue weighted by molar-refractivity contribution is 1.26. The second-order valence-corrected chi connectivity index (χ2v) is 16.5. The maximum atomic E-state index is 2.39. The molecule has 0 heterocycles. The summed E-state index contributed by atoms with van der Waals surface area (Å²) in [4.78, 5) is 0. The summed E-state index contributed by atoms with van der Waals surface area (Å²) in [5.41, 5.74) is 25.8. The highest BCUT2D eigenvalue weighted by atomic mass is 14.2. The molecule has 0 amide bonds. The second kappa shape index (κ2) is 14.1.